The summed E-state index contributed by atoms with van der Waals surface area (Å²) < 4.78 is 77.0. The van der Waals surface area contributed by atoms with Crippen molar-refractivity contribution in [3.8, 4) is 11.5 Å². The molecule has 0 aliphatic heterocycles. The molecule has 0 radical (unpaired) electrons. The molecule has 0 fully saturated rings. The van der Waals surface area contributed by atoms with Gasteiger partial charge in [-0.05, 0) is 58.0 Å². The Bertz CT molecular complexity index is 1100. The third kappa shape index (κ3) is 6.83. The minimum Gasteiger partial charge on any atom is -0.492 e. The number of benzene rings is 1. The van der Waals surface area contributed by atoms with Crippen LogP contribution < -0.4 is 14.2 Å². The van der Waals surface area contributed by atoms with Crippen molar-refractivity contribution in [2.24, 2.45) is 0 Å². The van der Waals surface area contributed by atoms with E-state index in [0.29, 0.717) is 18.4 Å². The van der Waals surface area contributed by atoms with Gasteiger partial charge in [0.15, 0.2) is 0 Å². The molecule has 0 spiro atoms. The van der Waals surface area contributed by atoms with E-state index >= 15 is 0 Å². The highest BCUT2D eigenvalue weighted by atomic mass is 32.2. The second-order valence-corrected chi connectivity index (χ2v) is 10.7. The number of sulfonamides is 1. The van der Waals surface area contributed by atoms with E-state index in [0.717, 1.165) is 12.1 Å². The monoisotopic (exact) mass is 504 g/mol. The summed E-state index contributed by atoms with van der Waals surface area (Å²) in [5.41, 5.74) is -1.52. The summed E-state index contributed by atoms with van der Waals surface area (Å²) in [6.07, 6.45) is -4.60. The molecule has 0 aliphatic rings. The average Bonchev–Trinajstić information content (AvgIpc) is 2.72. The van der Waals surface area contributed by atoms with Gasteiger partial charge in [0.1, 0.15) is 17.6 Å². The lowest BCUT2D eigenvalue weighted by atomic mass is 10.1. The molecule has 1 aromatic carbocycles. The quantitative estimate of drug-likeness (QED) is 0.533. The van der Waals surface area contributed by atoms with Crippen LogP contribution in [-0.2, 0) is 16.2 Å². The normalized spacial score (nSPS) is 13.3. The van der Waals surface area contributed by atoms with Gasteiger partial charge in [-0.25, -0.2) is 13.1 Å². The lowest BCUT2D eigenvalue weighted by Gasteiger charge is -2.22. The molecule has 12 heteroatoms. The molecule has 2 N–H and O–H groups in total. The van der Waals surface area contributed by atoms with Crippen LogP contribution in [0.25, 0.3) is 0 Å². The van der Waals surface area contributed by atoms with Crippen molar-refractivity contribution in [3.05, 3.63) is 53.3 Å². The fraction of sp³-hybridized carbons (Fsp3) is 0.455. The maximum Gasteiger partial charge on any atom is 0.419 e. The van der Waals surface area contributed by atoms with Gasteiger partial charge in [0.2, 0.25) is 10.0 Å². The number of pyridine rings is 1. The second-order valence-electron chi connectivity index (χ2n) is 8.23. The van der Waals surface area contributed by atoms with Crippen LogP contribution in [0.5, 0.6) is 11.5 Å². The summed E-state index contributed by atoms with van der Waals surface area (Å²) in [7, 11) is -4.13. The molecule has 0 aliphatic carbocycles. The molecule has 2 rings (SSSR count). The van der Waals surface area contributed by atoms with E-state index in [1.165, 1.54) is 33.0 Å². The number of aliphatic hydroxyl groups excluding tert-OH is 1. The molecule has 0 saturated carbocycles. The maximum absolute atomic E-state index is 13.8. The van der Waals surface area contributed by atoms with E-state index in [1.54, 1.807) is 17.7 Å². The van der Waals surface area contributed by atoms with E-state index < -0.39 is 49.8 Å². The Morgan fingerprint density at radius 2 is 1.85 bits per heavy atom. The van der Waals surface area contributed by atoms with Gasteiger partial charge in [-0.2, -0.15) is 13.2 Å². The number of ether oxygens (including phenoxy) is 2. The van der Waals surface area contributed by atoms with Crippen molar-refractivity contribution in [1.29, 1.82) is 0 Å². The van der Waals surface area contributed by atoms with Crippen LogP contribution in [0.15, 0.2) is 36.5 Å². The number of rotatable bonds is 9. The number of hydrogen-bond acceptors (Lipinski definition) is 7. The Morgan fingerprint density at radius 3 is 2.35 bits per heavy atom. The molecule has 34 heavy (non-hydrogen) atoms. The van der Waals surface area contributed by atoms with Gasteiger partial charge in [0.05, 0.1) is 28.8 Å². The van der Waals surface area contributed by atoms with E-state index in [-0.39, 0.29) is 18.7 Å². The summed E-state index contributed by atoms with van der Waals surface area (Å²) in [6, 6.07) is 5.57. The molecule has 1 amide bonds. The molecule has 188 valence electrons. The van der Waals surface area contributed by atoms with Gasteiger partial charge in [-0.1, -0.05) is 0 Å². The number of aliphatic hydroxyl groups is 1. The van der Waals surface area contributed by atoms with Crippen LogP contribution in [0.4, 0.5) is 13.2 Å². The fourth-order valence-electron chi connectivity index (χ4n) is 2.70. The Labute approximate surface area is 196 Å². The molecule has 1 heterocycles. The van der Waals surface area contributed by atoms with Crippen LogP contribution >= 0.6 is 0 Å². The minimum absolute atomic E-state index is 0.0512. The van der Waals surface area contributed by atoms with Gasteiger partial charge in [-0.3, -0.25) is 9.78 Å². The number of carbonyl (C=O) groups is 1. The number of aromatic nitrogens is 1. The van der Waals surface area contributed by atoms with E-state index in [1.807, 2.05) is 0 Å². The summed E-state index contributed by atoms with van der Waals surface area (Å²) in [5.74, 6) is -1.34. The first-order valence-corrected chi connectivity index (χ1v) is 11.8. The Balaban J connectivity index is 2.39. The lowest BCUT2D eigenvalue weighted by Crippen LogP contribution is -2.42. The Kier molecular flexibility index (Phi) is 8.54. The zero-order valence-corrected chi connectivity index (χ0v) is 20.0. The van der Waals surface area contributed by atoms with Gasteiger partial charge >= 0.3 is 6.18 Å². The minimum atomic E-state index is -4.91. The van der Waals surface area contributed by atoms with E-state index in [2.05, 4.69) is 4.98 Å². The molecular weight excluding hydrogens is 477 g/mol. The van der Waals surface area contributed by atoms with Gasteiger partial charge in [0.25, 0.3) is 5.91 Å². The highest BCUT2D eigenvalue weighted by molar-refractivity contribution is 7.91. The number of nitrogens with zero attached hydrogens (tertiary/aromatic N) is 1. The van der Waals surface area contributed by atoms with Gasteiger partial charge in [0, 0.05) is 18.6 Å². The molecule has 0 saturated heterocycles. The molecule has 0 bridgehead atoms. The number of amides is 1. The Hall–Kier alpha value is -2.86. The molecular formula is C22H27F3N2O6S. The predicted molar refractivity (Wildman–Crippen MR) is 118 cm³/mol. The maximum atomic E-state index is 13.8. The molecule has 8 nitrogen and oxygen atoms in total. The van der Waals surface area contributed by atoms with Crippen molar-refractivity contribution in [1.82, 2.24) is 9.71 Å². The topological polar surface area (TPSA) is 115 Å². The Morgan fingerprint density at radius 1 is 1.18 bits per heavy atom. The summed E-state index contributed by atoms with van der Waals surface area (Å²) >= 11 is 0. The van der Waals surface area contributed by atoms with Crippen molar-refractivity contribution < 1.29 is 41.0 Å². The molecule has 1 unspecified atom stereocenters. The zero-order valence-electron chi connectivity index (χ0n) is 19.1. The first kappa shape index (κ1) is 27.4. The van der Waals surface area contributed by atoms with Crippen LogP contribution in [0.1, 0.15) is 61.8 Å². The largest absolute Gasteiger partial charge is 0.492 e. The first-order valence-electron chi connectivity index (χ1n) is 10.3. The van der Waals surface area contributed by atoms with Crippen LogP contribution in [-0.4, -0.2) is 42.4 Å². The summed E-state index contributed by atoms with van der Waals surface area (Å²) in [5, 5.41) is 9.37. The van der Waals surface area contributed by atoms with Crippen molar-refractivity contribution >= 4 is 15.9 Å². The van der Waals surface area contributed by atoms with Crippen molar-refractivity contribution in [2.45, 2.75) is 51.1 Å². The van der Waals surface area contributed by atoms with Crippen molar-refractivity contribution in [3.63, 3.8) is 0 Å². The third-order valence-electron chi connectivity index (χ3n) is 4.64. The van der Waals surface area contributed by atoms with Crippen LogP contribution in [0.2, 0.25) is 0 Å². The highest BCUT2D eigenvalue weighted by Crippen LogP contribution is 2.39. The fourth-order valence-corrected chi connectivity index (χ4v) is 3.37. The van der Waals surface area contributed by atoms with Crippen LogP contribution in [0, 0.1) is 0 Å². The molecule has 2 aromatic rings. The zero-order chi connectivity index (χ0) is 25.7. The number of alkyl halides is 3. The third-order valence-corrected chi connectivity index (χ3v) is 6.71. The number of nitrogens with one attached hydrogen (secondary N) is 1. The first-order chi connectivity index (χ1) is 15.7. The second kappa shape index (κ2) is 10.6. The number of hydrogen-bond donors (Lipinski definition) is 2. The van der Waals surface area contributed by atoms with Crippen molar-refractivity contribution in [2.75, 3.05) is 13.2 Å². The predicted octanol–water partition coefficient (Wildman–Crippen LogP) is 3.86. The van der Waals surface area contributed by atoms with Crippen LogP contribution in [0.3, 0.4) is 0 Å². The van der Waals surface area contributed by atoms with Gasteiger partial charge in [-0.15, -0.1) is 0 Å². The number of carbonyl (C=O) groups excluding carboxylic acids is 1. The van der Waals surface area contributed by atoms with Gasteiger partial charge < -0.3 is 14.6 Å². The molecule has 1 aromatic heterocycles. The summed E-state index contributed by atoms with van der Waals surface area (Å²) in [6.45, 7) is 5.84. The van der Waals surface area contributed by atoms with E-state index in [4.69, 9.17) is 9.47 Å². The lowest BCUT2D eigenvalue weighted by molar-refractivity contribution is -0.139. The number of halogens is 3. The summed E-state index contributed by atoms with van der Waals surface area (Å²) in [4.78, 5) is 16.5. The smallest absolute Gasteiger partial charge is 0.419 e. The molecule has 1 atom stereocenters. The van der Waals surface area contributed by atoms with E-state index in [9.17, 15) is 31.5 Å². The SMILES string of the molecule is CCOc1ccc(C(CCO)Oc2ccc(C(=O)NS(=O)(=O)C(C)(C)C)cc2C(F)(F)F)nc1. The standard InChI is InChI=1S/C22H27F3N2O6S/c1-5-32-15-7-8-17(26-13-15)19(10-11-28)33-18-9-6-14(12-16(18)22(23,24)25)20(29)27-34(30,31)21(2,3)4/h6-9,12-13,19,28H,5,10-11H2,1-4H3,(H,27,29). The highest BCUT2D eigenvalue weighted by Gasteiger charge is 2.37. The average molecular weight is 505 g/mol.